The number of hydrogen-bond donors (Lipinski definition) is 1. The summed E-state index contributed by atoms with van der Waals surface area (Å²) in [5.74, 6) is 1.40. The Kier molecular flexibility index (Phi) is 10.5. The van der Waals surface area contributed by atoms with Crippen molar-refractivity contribution in [2.75, 3.05) is 32.8 Å². The van der Waals surface area contributed by atoms with Crippen molar-refractivity contribution in [1.29, 1.82) is 0 Å². The van der Waals surface area contributed by atoms with E-state index in [0.29, 0.717) is 69.1 Å². The van der Waals surface area contributed by atoms with Gasteiger partial charge in [-0.25, -0.2) is 0 Å². The first-order chi connectivity index (χ1) is 22.1. The summed E-state index contributed by atoms with van der Waals surface area (Å²) >= 11 is 14.9. The Labute approximate surface area is 284 Å². The Morgan fingerprint density at radius 2 is 1.80 bits per heavy atom. The van der Waals surface area contributed by atoms with Crippen LogP contribution in [0.2, 0.25) is 10.0 Å². The maximum Gasteiger partial charge on any atom is 0.251 e. The van der Waals surface area contributed by atoms with Crippen molar-refractivity contribution in [2.24, 2.45) is 5.92 Å². The van der Waals surface area contributed by atoms with Crippen LogP contribution in [0.25, 0.3) is 10.6 Å². The van der Waals surface area contributed by atoms with Gasteiger partial charge in [0, 0.05) is 92.6 Å². The molecule has 9 nitrogen and oxygen atoms in total. The molecule has 0 saturated carbocycles. The molecular weight excluding hydrogens is 645 g/mol. The van der Waals surface area contributed by atoms with Crippen molar-refractivity contribution >= 4 is 46.4 Å². The summed E-state index contributed by atoms with van der Waals surface area (Å²) in [6, 6.07) is 9.52. The smallest absolute Gasteiger partial charge is 0.251 e. The first-order valence-electron chi connectivity index (χ1n) is 16.2. The Morgan fingerprint density at radius 1 is 1.09 bits per heavy atom. The number of hydrogen-bond acceptors (Lipinski definition) is 8. The third kappa shape index (κ3) is 7.68. The molecule has 3 saturated heterocycles. The zero-order valence-electron chi connectivity index (χ0n) is 26.6. The van der Waals surface area contributed by atoms with Gasteiger partial charge in [0.05, 0.1) is 10.0 Å². The molecule has 1 atom stereocenters. The van der Waals surface area contributed by atoms with Gasteiger partial charge in [-0.1, -0.05) is 61.4 Å². The van der Waals surface area contributed by atoms with Crippen LogP contribution >= 0.6 is 34.5 Å². The van der Waals surface area contributed by atoms with Gasteiger partial charge in [0.15, 0.2) is 5.01 Å². The van der Waals surface area contributed by atoms with E-state index in [1.54, 1.807) is 18.2 Å². The molecule has 1 aromatic heterocycles. The molecule has 3 aromatic rings. The maximum absolute atomic E-state index is 13.5. The molecule has 4 heterocycles. The number of halogens is 2. The van der Waals surface area contributed by atoms with Crippen LogP contribution < -0.4 is 10.1 Å². The average molecular weight is 687 g/mol. The van der Waals surface area contributed by atoms with E-state index in [4.69, 9.17) is 32.7 Å². The molecule has 1 unspecified atom stereocenters. The zero-order chi connectivity index (χ0) is 32.4. The van der Waals surface area contributed by atoms with Crippen molar-refractivity contribution in [1.82, 2.24) is 25.3 Å². The predicted molar refractivity (Wildman–Crippen MR) is 181 cm³/mol. The van der Waals surface area contributed by atoms with E-state index >= 15 is 0 Å². The Bertz CT molecular complexity index is 1550. The number of nitrogens with one attached hydrogen (secondary N) is 1. The molecule has 246 valence electrons. The third-order valence-corrected chi connectivity index (χ3v) is 10.9. The van der Waals surface area contributed by atoms with Crippen molar-refractivity contribution in [3.8, 4) is 22.1 Å². The SMILES string of the molecule is CC1CC(=O)N(Cc2ccc(C(=O)NC3CCN(C4CCOCC4)CC3)cc2Oc2cc(Cl)c(-c3nnc(C(C)C)s3)c(Cl)c2)C1. The Hall–Kier alpha value is -2.76. The molecule has 3 aliphatic rings. The van der Waals surface area contributed by atoms with E-state index in [0.717, 1.165) is 62.6 Å². The lowest BCUT2D eigenvalue weighted by Gasteiger charge is -2.39. The minimum Gasteiger partial charge on any atom is -0.457 e. The van der Waals surface area contributed by atoms with E-state index < -0.39 is 0 Å². The van der Waals surface area contributed by atoms with Gasteiger partial charge in [-0.05, 0) is 43.7 Å². The van der Waals surface area contributed by atoms with E-state index in [1.807, 2.05) is 17.0 Å². The standard InChI is InChI=1S/C34H41Cl2N5O4S/c1-20(2)33-38-39-34(46-33)31-27(35)16-26(17-28(31)36)45-29-15-22(4-5-23(29)19-41-18-21(3)14-30(41)42)32(43)37-24-6-10-40(11-7-24)25-8-12-44-13-9-25/h4-5,15-17,20-21,24-25H,6-14,18-19H2,1-3H3,(H,37,43). The largest absolute Gasteiger partial charge is 0.457 e. The van der Waals surface area contributed by atoms with Gasteiger partial charge in [-0.2, -0.15) is 0 Å². The quantitative estimate of drug-likeness (QED) is 0.255. The van der Waals surface area contributed by atoms with Gasteiger partial charge < -0.3 is 24.6 Å². The number of nitrogens with zero attached hydrogens (tertiary/aromatic N) is 4. The molecule has 3 aliphatic heterocycles. The molecule has 46 heavy (non-hydrogen) atoms. The molecule has 0 radical (unpaired) electrons. The highest BCUT2D eigenvalue weighted by Gasteiger charge is 2.29. The Morgan fingerprint density at radius 3 is 2.43 bits per heavy atom. The average Bonchev–Trinajstić information content (AvgIpc) is 3.64. The fraction of sp³-hybridized carbons (Fsp3) is 0.529. The second-order valence-corrected chi connectivity index (χ2v) is 14.8. The van der Waals surface area contributed by atoms with Gasteiger partial charge in [0.2, 0.25) is 5.91 Å². The minimum absolute atomic E-state index is 0.109. The summed E-state index contributed by atoms with van der Waals surface area (Å²) in [6.45, 7) is 10.9. The molecule has 6 rings (SSSR count). The third-order valence-electron chi connectivity index (χ3n) is 9.06. The number of aromatic nitrogens is 2. The van der Waals surface area contributed by atoms with E-state index in [-0.39, 0.29) is 23.8 Å². The number of likely N-dealkylation sites (tertiary alicyclic amines) is 2. The number of ether oxygens (including phenoxy) is 2. The van der Waals surface area contributed by atoms with Gasteiger partial charge in [-0.3, -0.25) is 9.59 Å². The van der Waals surface area contributed by atoms with Crippen LogP contribution in [0.5, 0.6) is 11.5 Å². The number of benzene rings is 2. The van der Waals surface area contributed by atoms with E-state index in [2.05, 4.69) is 41.2 Å². The summed E-state index contributed by atoms with van der Waals surface area (Å²) < 4.78 is 11.9. The minimum atomic E-state index is -0.143. The fourth-order valence-corrected chi connectivity index (χ4v) is 8.16. The van der Waals surface area contributed by atoms with Crippen LogP contribution in [0.4, 0.5) is 0 Å². The van der Waals surface area contributed by atoms with Crippen LogP contribution in [0.1, 0.15) is 79.7 Å². The number of amides is 2. The van der Waals surface area contributed by atoms with Crippen molar-refractivity contribution in [3.63, 3.8) is 0 Å². The molecule has 0 bridgehead atoms. The molecule has 3 fully saturated rings. The van der Waals surface area contributed by atoms with Crippen LogP contribution in [0, 0.1) is 5.92 Å². The molecule has 12 heteroatoms. The first kappa shape index (κ1) is 33.2. The molecular formula is C34H41Cl2N5O4S. The number of rotatable bonds is 9. The number of carbonyl (C=O) groups excluding carboxylic acids is 2. The molecule has 0 aliphatic carbocycles. The summed E-state index contributed by atoms with van der Waals surface area (Å²) in [6.07, 6.45) is 4.51. The highest BCUT2D eigenvalue weighted by Crippen LogP contribution is 2.41. The second kappa shape index (κ2) is 14.6. The van der Waals surface area contributed by atoms with Gasteiger partial charge >= 0.3 is 0 Å². The summed E-state index contributed by atoms with van der Waals surface area (Å²) in [4.78, 5) is 30.5. The van der Waals surface area contributed by atoms with Gasteiger partial charge in [0.1, 0.15) is 16.5 Å². The Balaban J connectivity index is 1.20. The highest BCUT2D eigenvalue weighted by atomic mass is 35.5. The molecule has 2 aromatic carbocycles. The summed E-state index contributed by atoms with van der Waals surface area (Å²) in [5.41, 5.74) is 1.90. The van der Waals surface area contributed by atoms with Crippen LogP contribution in [-0.4, -0.2) is 76.7 Å². The topological polar surface area (TPSA) is 96.9 Å². The van der Waals surface area contributed by atoms with E-state index in [9.17, 15) is 9.59 Å². The van der Waals surface area contributed by atoms with Crippen LogP contribution in [0.15, 0.2) is 30.3 Å². The lowest BCUT2D eigenvalue weighted by atomic mass is 9.99. The normalized spacial score (nSPS) is 20.1. The van der Waals surface area contributed by atoms with Gasteiger partial charge in [0.25, 0.3) is 5.91 Å². The number of carbonyl (C=O) groups is 2. The fourth-order valence-electron chi connectivity index (χ4n) is 6.49. The number of piperidine rings is 1. The van der Waals surface area contributed by atoms with Crippen molar-refractivity contribution in [3.05, 3.63) is 56.5 Å². The highest BCUT2D eigenvalue weighted by molar-refractivity contribution is 7.14. The maximum atomic E-state index is 13.5. The van der Waals surface area contributed by atoms with Gasteiger partial charge in [-0.15, -0.1) is 10.2 Å². The second-order valence-electron chi connectivity index (χ2n) is 13.0. The molecule has 2 amide bonds. The van der Waals surface area contributed by atoms with E-state index in [1.165, 1.54) is 11.3 Å². The lowest BCUT2D eigenvalue weighted by Crippen LogP contribution is -2.49. The molecule has 0 spiro atoms. The van der Waals surface area contributed by atoms with Crippen LogP contribution in [0.3, 0.4) is 0 Å². The molecule has 1 N–H and O–H groups in total. The van der Waals surface area contributed by atoms with Crippen molar-refractivity contribution in [2.45, 2.75) is 77.4 Å². The lowest BCUT2D eigenvalue weighted by molar-refractivity contribution is -0.128. The van der Waals surface area contributed by atoms with Crippen LogP contribution in [-0.2, 0) is 16.1 Å². The zero-order valence-corrected chi connectivity index (χ0v) is 28.9. The van der Waals surface area contributed by atoms with Crippen molar-refractivity contribution < 1.29 is 19.1 Å². The summed E-state index contributed by atoms with van der Waals surface area (Å²) in [5, 5.41) is 14.1. The first-order valence-corrected chi connectivity index (χ1v) is 17.8. The predicted octanol–water partition coefficient (Wildman–Crippen LogP) is 7.17. The summed E-state index contributed by atoms with van der Waals surface area (Å²) in [7, 11) is 0. The monoisotopic (exact) mass is 685 g/mol.